The number of carbonyl (C=O) groups is 1. The van der Waals surface area contributed by atoms with Crippen molar-refractivity contribution in [3.05, 3.63) is 83.9 Å². The molecular formula is C24H26N2O5S. The van der Waals surface area contributed by atoms with E-state index in [-0.39, 0.29) is 23.0 Å². The van der Waals surface area contributed by atoms with Crippen LogP contribution in [0.25, 0.3) is 0 Å². The molecule has 0 aliphatic carbocycles. The van der Waals surface area contributed by atoms with Gasteiger partial charge in [-0.15, -0.1) is 0 Å². The van der Waals surface area contributed by atoms with E-state index in [0.717, 1.165) is 11.1 Å². The second-order valence-electron chi connectivity index (χ2n) is 7.21. The summed E-state index contributed by atoms with van der Waals surface area (Å²) >= 11 is 0. The van der Waals surface area contributed by atoms with E-state index in [1.165, 1.54) is 13.2 Å². The highest BCUT2D eigenvalue weighted by atomic mass is 32.2. The van der Waals surface area contributed by atoms with Crippen LogP contribution in [0.15, 0.2) is 77.7 Å². The monoisotopic (exact) mass is 454 g/mol. The lowest BCUT2D eigenvalue weighted by Crippen LogP contribution is -2.26. The molecule has 3 rings (SSSR count). The van der Waals surface area contributed by atoms with Crippen LogP contribution in [-0.2, 0) is 27.7 Å². The highest BCUT2D eigenvalue weighted by molar-refractivity contribution is 7.89. The zero-order valence-corrected chi connectivity index (χ0v) is 18.6. The Hall–Kier alpha value is -3.36. The molecule has 0 bridgehead atoms. The lowest BCUT2D eigenvalue weighted by molar-refractivity contribution is -0.116. The van der Waals surface area contributed by atoms with Gasteiger partial charge >= 0.3 is 0 Å². The molecule has 1 amide bonds. The number of methoxy groups -OCH3 is 1. The van der Waals surface area contributed by atoms with Crippen LogP contribution >= 0.6 is 0 Å². The highest BCUT2D eigenvalue weighted by Gasteiger charge is 2.13. The standard InChI is InChI=1S/C24H26N2O5S/c1-31-23-13-10-20(17-22(23)27)26-24(28)14-9-19-7-11-21(12-8-19)32(29,30)25-16-15-18-5-3-2-4-6-18/h2-8,10-13,17,25,27H,9,14-16H2,1H3,(H,26,28). The van der Waals surface area contributed by atoms with Crippen molar-refractivity contribution in [2.45, 2.75) is 24.2 Å². The Morgan fingerprint density at radius 2 is 1.62 bits per heavy atom. The summed E-state index contributed by atoms with van der Waals surface area (Å²) < 4.78 is 32.5. The summed E-state index contributed by atoms with van der Waals surface area (Å²) in [5.41, 5.74) is 2.38. The average Bonchev–Trinajstić information content (AvgIpc) is 2.79. The summed E-state index contributed by atoms with van der Waals surface area (Å²) in [4.78, 5) is 12.4. The smallest absolute Gasteiger partial charge is 0.240 e. The third-order valence-corrected chi connectivity index (χ3v) is 6.36. The van der Waals surface area contributed by atoms with Crippen LogP contribution in [0.3, 0.4) is 0 Å². The van der Waals surface area contributed by atoms with E-state index in [1.54, 1.807) is 36.4 Å². The molecular weight excluding hydrogens is 428 g/mol. The molecule has 3 aromatic carbocycles. The minimum absolute atomic E-state index is 0.0560. The number of phenols is 1. The van der Waals surface area contributed by atoms with Gasteiger partial charge in [-0.2, -0.15) is 0 Å². The maximum absolute atomic E-state index is 12.5. The highest BCUT2D eigenvalue weighted by Crippen LogP contribution is 2.28. The van der Waals surface area contributed by atoms with Gasteiger partial charge in [-0.3, -0.25) is 4.79 Å². The van der Waals surface area contributed by atoms with Crippen LogP contribution in [0.1, 0.15) is 17.5 Å². The van der Waals surface area contributed by atoms with Crippen molar-refractivity contribution in [3.8, 4) is 11.5 Å². The average molecular weight is 455 g/mol. The Morgan fingerprint density at radius 3 is 2.28 bits per heavy atom. The fraction of sp³-hybridized carbons (Fsp3) is 0.208. The fourth-order valence-electron chi connectivity index (χ4n) is 3.14. The molecule has 0 atom stereocenters. The number of nitrogens with one attached hydrogen (secondary N) is 2. The van der Waals surface area contributed by atoms with Gasteiger partial charge in [0.05, 0.1) is 12.0 Å². The molecule has 0 saturated heterocycles. The van der Waals surface area contributed by atoms with E-state index in [2.05, 4.69) is 10.0 Å². The summed E-state index contributed by atoms with van der Waals surface area (Å²) in [5.74, 6) is 0.0564. The van der Waals surface area contributed by atoms with Gasteiger partial charge < -0.3 is 15.2 Å². The zero-order chi connectivity index (χ0) is 23.0. The number of ether oxygens (including phenoxy) is 1. The maximum atomic E-state index is 12.5. The Labute approximate surface area is 188 Å². The van der Waals surface area contributed by atoms with Gasteiger partial charge in [-0.25, -0.2) is 13.1 Å². The van der Waals surface area contributed by atoms with Gasteiger partial charge in [-0.05, 0) is 48.2 Å². The minimum atomic E-state index is -3.59. The van der Waals surface area contributed by atoms with Crippen molar-refractivity contribution in [2.75, 3.05) is 19.0 Å². The van der Waals surface area contributed by atoms with Crippen molar-refractivity contribution in [1.29, 1.82) is 0 Å². The fourth-order valence-corrected chi connectivity index (χ4v) is 4.17. The summed E-state index contributed by atoms with van der Waals surface area (Å²) in [5, 5.41) is 12.5. The van der Waals surface area contributed by atoms with Gasteiger partial charge in [0.15, 0.2) is 11.5 Å². The summed E-state index contributed by atoms with van der Waals surface area (Å²) in [6, 6.07) is 20.8. The number of hydrogen-bond donors (Lipinski definition) is 3. The molecule has 32 heavy (non-hydrogen) atoms. The van der Waals surface area contributed by atoms with E-state index in [0.29, 0.717) is 30.8 Å². The lowest BCUT2D eigenvalue weighted by Gasteiger charge is -2.09. The minimum Gasteiger partial charge on any atom is -0.504 e. The number of sulfonamides is 1. The maximum Gasteiger partial charge on any atom is 0.240 e. The van der Waals surface area contributed by atoms with Gasteiger partial charge in [-0.1, -0.05) is 42.5 Å². The molecule has 0 heterocycles. The Kier molecular flexibility index (Phi) is 7.86. The second kappa shape index (κ2) is 10.8. The van der Waals surface area contributed by atoms with E-state index in [4.69, 9.17) is 4.74 Å². The number of carbonyl (C=O) groups excluding carboxylic acids is 1. The number of rotatable bonds is 10. The number of phenolic OH excluding ortho intramolecular Hbond substituents is 1. The summed E-state index contributed by atoms with van der Waals surface area (Å²) in [6.45, 7) is 0.315. The molecule has 8 heteroatoms. The van der Waals surface area contributed by atoms with E-state index in [9.17, 15) is 18.3 Å². The molecule has 0 saturated carbocycles. The van der Waals surface area contributed by atoms with Crippen molar-refractivity contribution < 1.29 is 23.1 Å². The van der Waals surface area contributed by atoms with Gasteiger partial charge in [0.25, 0.3) is 0 Å². The number of aromatic hydroxyl groups is 1. The lowest BCUT2D eigenvalue weighted by atomic mass is 10.1. The first-order valence-electron chi connectivity index (χ1n) is 10.2. The SMILES string of the molecule is COc1ccc(NC(=O)CCc2ccc(S(=O)(=O)NCCc3ccccc3)cc2)cc1O. The van der Waals surface area contributed by atoms with Crippen molar-refractivity contribution in [2.24, 2.45) is 0 Å². The van der Waals surface area contributed by atoms with E-state index >= 15 is 0 Å². The third-order valence-electron chi connectivity index (χ3n) is 4.89. The predicted octanol–water partition coefficient (Wildman–Crippen LogP) is 3.49. The number of amides is 1. The first-order valence-corrected chi connectivity index (χ1v) is 11.6. The first kappa shape index (κ1) is 23.3. The zero-order valence-electron chi connectivity index (χ0n) is 17.7. The van der Waals surface area contributed by atoms with Gasteiger partial charge in [0.1, 0.15) is 0 Å². The Balaban J connectivity index is 1.49. The predicted molar refractivity (Wildman–Crippen MR) is 123 cm³/mol. The van der Waals surface area contributed by atoms with Crippen LogP contribution in [0.4, 0.5) is 5.69 Å². The van der Waals surface area contributed by atoms with Crippen molar-refractivity contribution in [3.63, 3.8) is 0 Å². The molecule has 3 N–H and O–H groups in total. The number of benzene rings is 3. The Bertz CT molecular complexity index is 1150. The largest absolute Gasteiger partial charge is 0.504 e. The molecule has 0 aliphatic rings. The molecule has 0 aliphatic heterocycles. The van der Waals surface area contributed by atoms with E-state index in [1.807, 2.05) is 30.3 Å². The van der Waals surface area contributed by atoms with Crippen LogP contribution < -0.4 is 14.8 Å². The third kappa shape index (κ3) is 6.57. The molecule has 0 fully saturated rings. The molecule has 0 spiro atoms. The van der Waals surface area contributed by atoms with Crippen LogP contribution in [0.2, 0.25) is 0 Å². The van der Waals surface area contributed by atoms with Crippen LogP contribution in [0, 0.1) is 0 Å². The number of anilines is 1. The van der Waals surface area contributed by atoms with Gasteiger partial charge in [0, 0.05) is 24.7 Å². The van der Waals surface area contributed by atoms with Crippen LogP contribution in [0.5, 0.6) is 11.5 Å². The summed E-state index contributed by atoms with van der Waals surface area (Å²) in [7, 11) is -2.14. The first-order chi connectivity index (χ1) is 15.4. The van der Waals surface area contributed by atoms with Gasteiger partial charge in [0.2, 0.25) is 15.9 Å². The number of hydrogen-bond acceptors (Lipinski definition) is 5. The molecule has 168 valence electrons. The number of aryl methyl sites for hydroxylation is 1. The molecule has 0 radical (unpaired) electrons. The molecule has 7 nitrogen and oxygen atoms in total. The normalized spacial score (nSPS) is 11.2. The molecule has 0 aromatic heterocycles. The quantitative estimate of drug-likeness (QED) is 0.435. The Morgan fingerprint density at radius 1 is 0.938 bits per heavy atom. The van der Waals surface area contributed by atoms with Crippen molar-refractivity contribution >= 4 is 21.6 Å². The molecule has 0 unspecified atom stereocenters. The van der Waals surface area contributed by atoms with Crippen molar-refractivity contribution in [1.82, 2.24) is 4.72 Å². The second-order valence-corrected chi connectivity index (χ2v) is 8.98. The summed E-state index contributed by atoms with van der Waals surface area (Å²) in [6.07, 6.45) is 1.28. The van der Waals surface area contributed by atoms with E-state index < -0.39 is 10.0 Å². The van der Waals surface area contributed by atoms with Crippen LogP contribution in [-0.4, -0.2) is 33.1 Å². The molecule has 3 aromatic rings. The topological polar surface area (TPSA) is 105 Å².